The molecule has 78 valence electrons. The molecule has 0 aliphatic heterocycles. The van der Waals surface area contributed by atoms with Crippen LogP contribution in [0.15, 0.2) is 43.0 Å². The van der Waals surface area contributed by atoms with Crippen LogP contribution < -0.4 is 5.32 Å². The molecule has 0 saturated heterocycles. The highest BCUT2D eigenvalue weighted by Crippen LogP contribution is 2.39. The lowest BCUT2D eigenvalue weighted by atomic mass is 10.2. The van der Waals surface area contributed by atoms with Gasteiger partial charge in [-0.25, -0.2) is 0 Å². The van der Waals surface area contributed by atoms with Gasteiger partial charge in [-0.15, -0.1) is 6.58 Å². The molecule has 1 fully saturated rings. The van der Waals surface area contributed by atoms with E-state index in [0.29, 0.717) is 12.5 Å². The summed E-state index contributed by atoms with van der Waals surface area (Å²) in [5.74, 6) is 0.732. The molecule has 0 spiro atoms. The van der Waals surface area contributed by atoms with Gasteiger partial charge in [-0.1, -0.05) is 36.4 Å². The van der Waals surface area contributed by atoms with Gasteiger partial charge in [-0.05, 0) is 17.9 Å². The minimum absolute atomic E-state index is 0.156. The van der Waals surface area contributed by atoms with E-state index in [1.165, 1.54) is 0 Å². The molecule has 1 aromatic carbocycles. The van der Waals surface area contributed by atoms with Gasteiger partial charge >= 0.3 is 0 Å². The van der Waals surface area contributed by atoms with Crippen molar-refractivity contribution in [1.82, 2.24) is 5.32 Å². The van der Waals surface area contributed by atoms with E-state index in [1.807, 2.05) is 36.4 Å². The Morgan fingerprint density at radius 2 is 2.20 bits per heavy atom. The summed E-state index contributed by atoms with van der Waals surface area (Å²) in [6, 6.07) is 9.95. The van der Waals surface area contributed by atoms with E-state index in [0.717, 1.165) is 12.0 Å². The maximum Gasteiger partial charge on any atom is 0.223 e. The molecule has 1 aliphatic carbocycles. The molecule has 1 saturated carbocycles. The fourth-order valence-electron chi connectivity index (χ4n) is 1.69. The highest BCUT2D eigenvalue weighted by Gasteiger charge is 2.40. The average molecular weight is 201 g/mol. The third-order valence-electron chi connectivity index (χ3n) is 2.79. The lowest BCUT2D eigenvalue weighted by molar-refractivity contribution is -0.122. The molecule has 1 aromatic rings. The highest BCUT2D eigenvalue weighted by atomic mass is 16.2. The third-order valence-corrected chi connectivity index (χ3v) is 2.79. The summed E-state index contributed by atoms with van der Waals surface area (Å²) in [7, 11) is 0. The summed E-state index contributed by atoms with van der Waals surface area (Å²) < 4.78 is 0. The standard InChI is InChI=1S/C13H15NO/c1-2-11-8-12(11)13(15)14-9-10-6-4-3-5-7-10/h2-7,11-12H,1,8-9H2,(H,14,15). The molecule has 15 heavy (non-hydrogen) atoms. The molecule has 0 aromatic heterocycles. The van der Waals surface area contributed by atoms with Crippen molar-refractivity contribution in [3.05, 3.63) is 48.6 Å². The van der Waals surface area contributed by atoms with E-state index in [2.05, 4.69) is 11.9 Å². The summed E-state index contributed by atoms with van der Waals surface area (Å²) in [5.41, 5.74) is 1.14. The van der Waals surface area contributed by atoms with Gasteiger partial charge in [0, 0.05) is 12.5 Å². The summed E-state index contributed by atoms with van der Waals surface area (Å²) in [6.07, 6.45) is 2.83. The van der Waals surface area contributed by atoms with Crippen LogP contribution in [0.4, 0.5) is 0 Å². The number of rotatable bonds is 4. The molecule has 0 bridgehead atoms. The Labute approximate surface area is 90.0 Å². The Bertz CT molecular complexity index is 358. The van der Waals surface area contributed by atoms with Crippen LogP contribution >= 0.6 is 0 Å². The third kappa shape index (κ3) is 2.46. The van der Waals surface area contributed by atoms with Gasteiger partial charge in [0.1, 0.15) is 0 Å². The van der Waals surface area contributed by atoms with Crippen LogP contribution in [-0.2, 0) is 11.3 Å². The van der Waals surface area contributed by atoms with Gasteiger partial charge in [0.2, 0.25) is 5.91 Å². The van der Waals surface area contributed by atoms with E-state index in [-0.39, 0.29) is 11.8 Å². The molecule has 0 heterocycles. The molecule has 1 N–H and O–H groups in total. The van der Waals surface area contributed by atoms with Crippen molar-refractivity contribution < 1.29 is 4.79 Å². The van der Waals surface area contributed by atoms with E-state index in [9.17, 15) is 4.79 Å². The van der Waals surface area contributed by atoms with E-state index >= 15 is 0 Å². The number of nitrogens with one attached hydrogen (secondary N) is 1. The molecule has 2 nitrogen and oxygen atoms in total. The smallest absolute Gasteiger partial charge is 0.223 e. The molecule has 2 heteroatoms. The number of carbonyl (C=O) groups excluding carboxylic acids is 1. The topological polar surface area (TPSA) is 29.1 Å². The molecule has 0 radical (unpaired) electrons. The summed E-state index contributed by atoms with van der Waals surface area (Å²) in [5, 5.41) is 2.94. The van der Waals surface area contributed by atoms with Crippen LogP contribution in [0.1, 0.15) is 12.0 Å². The number of allylic oxidation sites excluding steroid dienone is 1. The molecule has 1 amide bonds. The molecular formula is C13H15NO. The van der Waals surface area contributed by atoms with Crippen LogP contribution in [0.25, 0.3) is 0 Å². The van der Waals surface area contributed by atoms with Gasteiger partial charge in [0.25, 0.3) is 0 Å². The average Bonchev–Trinajstić information content (AvgIpc) is 3.06. The zero-order chi connectivity index (χ0) is 10.7. The van der Waals surface area contributed by atoms with Gasteiger partial charge in [0.15, 0.2) is 0 Å². The Morgan fingerprint density at radius 1 is 1.47 bits per heavy atom. The van der Waals surface area contributed by atoms with Crippen LogP contribution in [0.2, 0.25) is 0 Å². The van der Waals surface area contributed by atoms with Crippen molar-refractivity contribution in [3.8, 4) is 0 Å². The number of hydrogen-bond acceptors (Lipinski definition) is 1. The van der Waals surface area contributed by atoms with Gasteiger partial charge in [-0.3, -0.25) is 4.79 Å². The largest absolute Gasteiger partial charge is 0.352 e. The molecule has 2 unspecified atom stereocenters. The Hall–Kier alpha value is -1.57. The first kappa shape index (κ1) is 9.97. The minimum atomic E-state index is 0.156. The molecule has 2 atom stereocenters. The van der Waals surface area contributed by atoms with Crippen LogP contribution in [-0.4, -0.2) is 5.91 Å². The lowest BCUT2D eigenvalue weighted by Crippen LogP contribution is -2.24. The van der Waals surface area contributed by atoms with Crippen molar-refractivity contribution in [3.63, 3.8) is 0 Å². The molecular weight excluding hydrogens is 186 g/mol. The summed E-state index contributed by atoms with van der Waals surface area (Å²) >= 11 is 0. The SMILES string of the molecule is C=CC1CC1C(=O)NCc1ccccc1. The van der Waals surface area contributed by atoms with Gasteiger partial charge in [-0.2, -0.15) is 0 Å². The van der Waals surface area contributed by atoms with Crippen LogP contribution in [0.3, 0.4) is 0 Å². The first-order valence-electron chi connectivity index (χ1n) is 5.25. The Kier molecular flexibility index (Phi) is 2.86. The maximum absolute atomic E-state index is 11.6. The van der Waals surface area contributed by atoms with E-state index in [1.54, 1.807) is 0 Å². The van der Waals surface area contributed by atoms with Crippen molar-refractivity contribution >= 4 is 5.91 Å². The number of benzene rings is 1. The quantitative estimate of drug-likeness (QED) is 0.743. The number of carbonyl (C=O) groups is 1. The molecule has 2 rings (SSSR count). The Morgan fingerprint density at radius 3 is 2.80 bits per heavy atom. The van der Waals surface area contributed by atoms with Crippen LogP contribution in [0, 0.1) is 11.8 Å². The first-order valence-corrected chi connectivity index (χ1v) is 5.25. The fourth-order valence-corrected chi connectivity index (χ4v) is 1.69. The van der Waals surface area contributed by atoms with Crippen molar-refractivity contribution in [2.75, 3.05) is 0 Å². The van der Waals surface area contributed by atoms with Crippen LogP contribution in [0.5, 0.6) is 0 Å². The molecule has 1 aliphatic rings. The second kappa shape index (κ2) is 4.30. The normalized spacial score (nSPS) is 23.2. The number of hydrogen-bond donors (Lipinski definition) is 1. The van der Waals surface area contributed by atoms with E-state index in [4.69, 9.17) is 0 Å². The zero-order valence-corrected chi connectivity index (χ0v) is 8.65. The first-order chi connectivity index (χ1) is 7.31. The predicted molar refractivity (Wildman–Crippen MR) is 60.1 cm³/mol. The minimum Gasteiger partial charge on any atom is -0.352 e. The van der Waals surface area contributed by atoms with Crippen molar-refractivity contribution in [2.24, 2.45) is 11.8 Å². The predicted octanol–water partition coefficient (Wildman–Crippen LogP) is 2.12. The second-order valence-corrected chi connectivity index (χ2v) is 3.95. The Balaban J connectivity index is 1.79. The van der Waals surface area contributed by atoms with Gasteiger partial charge in [0.05, 0.1) is 0 Å². The van der Waals surface area contributed by atoms with E-state index < -0.39 is 0 Å². The maximum atomic E-state index is 11.6. The van der Waals surface area contributed by atoms with Gasteiger partial charge < -0.3 is 5.32 Å². The fraction of sp³-hybridized carbons (Fsp3) is 0.308. The van der Waals surface area contributed by atoms with Crippen molar-refractivity contribution in [1.29, 1.82) is 0 Å². The van der Waals surface area contributed by atoms with Crippen molar-refractivity contribution in [2.45, 2.75) is 13.0 Å². The second-order valence-electron chi connectivity index (χ2n) is 3.95. The lowest BCUT2D eigenvalue weighted by Gasteiger charge is -2.03. The summed E-state index contributed by atoms with van der Waals surface area (Å²) in [6.45, 7) is 4.32. The monoisotopic (exact) mass is 201 g/mol. The summed E-state index contributed by atoms with van der Waals surface area (Å²) in [4.78, 5) is 11.6. The zero-order valence-electron chi connectivity index (χ0n) is 8.65. The highest BCUT2D eigenvalue weighted by molar-refractivity contribution is 5.81. The number of amides is 1.